The summed E-state index contributed by atoms with van der Waals surface area (Å²) in [4.78, 5) is 32.1. The van der Waals surface area contributed by atoms with Crippen LogP contribution in [0.2, 0.25) is 0 Å². The summed E-state index contributed by atoms with van der Waals surface area (Å²) in [6.07, 6.45) is 10.9. The first kappa shape index (κ1) is 19.2. The lowest BCUT2D eigenvalue weighted by atomic mass is 9.87. The number of carbonyl (C=O) groups excluding carboxylic acids is 2. The number of thioether (sulfide) groups is 1. The van der Waals surface area contributed by atoms with Crippen molar-refractivity contribution in [2.45, 2.75) is 62.7 Å². The molecule has 1 aromatic rings. The normalized spacial score (nSPS) is 36.2. The predicted octanol–water partition coefficient (Wildman–Crippen LogP) is 3.69. The van der Waals surface area contributed by atoms with Gasteiger partial charge in [-0.15, -0.1) is 0 Å². The first-order chi connectivity index (χ1) is 14.0. The number of nitrogens with zero attached hydrogens (tertiary/aromatic N) is 2. The van der Waals surface area contributed by atoms with Gasteiger partial charge in [-0.25, -0.2) is 0 Å². The van der Waals surface area contributed by atoms with Crippen LogP contribution >= 0.6 is 11.8 Å². The number of nitrogens with one attached hydrogen (secondary N) is 1. The summed E-state index contributed by atoms with van der Waals surface area (Å²) in [6.45, 7) is 3.53. The number of piperidine rings is 1. The zero-order chi connectivity index (χ0) is 20.0. The highest BCUT2D eigenvalue weighted by Crippen LogP contribution is 2.47. The number of rotatable bonds is 4. The summed E-state index contributed by atoms with van der Waals surface area (Å²) in [5.74, 6) is 2.18. The number of furan rings is 1. The molecule has 2 amide bonds. The molecule has 0 aromatic carbocycles. The number of amides is 2. The van der Waals surface area contributed by atoms with E-state index >= 15 is 0 Å². The molecule has 4 fully saturated rings. The summed E-state index contributed by atoms with van der Waals surface area (Å²) < 4.78 is 4.58. The van der Waals surface area contributed by atoms with Gasteiger partial charge in [-0.05, 0) is 69.3 Å². The molecule has 2 saturated carbocycles. The van der Waals surface area contributed by atoms with Crippen molar-refractivity contribution in [1.29, 1.82) is 0 Å². The Kier molecular flexibility index (Phi) is 4.96. The van der Waals surface area contributed by atoms with E-state index in [1.807, 2.05) is 4.90 Å². The number of hydrogen-bond donors (Lipinski definition) is 1. The van der Waals surface area contributed by atoms with Crippen LogP contribution in [0, 0.1) is 17.8 Å². The Labute approximate surface area is 175 Å². The SMILES string of the molecule is CC1(CC2CCN(C(=O)c3ccoc3)CC2)SC(=N[C@H]2C[C@H]3CC[C@H]2C3)NC1=O. The fourth-order valence-corrected chi connectivity index (χ4v) is 6.91. The second-order valence-corrected chi connectivity index (χ2v) is 10.9. The molecule has 1 unspecified atom stereocenters. The molecule has 0 spiro atoms. The van der Waals surface area contributed by atoms with Crippen LogP contribution in [0.3, 0.4) is 0 Å². The van der Waals surface area contributed by atoms with Gasteiger partial charge in [-0.2, -0.15) is 0 Å². The molecule has 156 valence electrons. The summed E-state index contributed by atoms with van der Waals surface area (Å²) in [6, 6.07) is 2.13. The maximum absolute atomic E-state index is 12.8. The molecule has 0 radical (unpaired) electrons. The van der Waals surface area contributed by atoms with Crippen molar-refractivity contribution in [2.75, 3.05) is 13.1 Å². The molecule has 1 aromatic heterocycles. The van der Waals surface area contributed by atoms with Gasteiger partial charge in [0, 0.05) is 13.1 Å². The van der Waals surface area contributed by atoms with Crippen LogP contribution in [0.1, 0.15) is 62.2 Å². The van der Waals surface area contributed by atoms with Crippen molar-refractivity contribution >= 4 is 28.7 Å². The lowest BCUT2D eigenvalue weighted by Gasteiger charge is -2.34. The molecule has 2 bridgehead atoms. The van der Waals surface area contributed by atoms with E-state index in [-0.39, 0.29) is 11.8 Å². The molecule has 3 heterocycles. The molecule has 29 heavy (non-hydrogen) atoms. The first-order valence-electron chi connectivity index (χ1n) is 10.9. The summed E-state index contributed by atoms with van der Waals surface area (Å²) in [5.41, 5.74) is 0.614. The second kappa shape index (κ2) is 7.49. The minimum absolute atomic E-state index is 0.0386. The lowest BCUT2D eigenvalue weighted by molar-refractivity contribution is -0.121. The molecule has 2 saturated heterocycles. The minimum Gasteiger partial charge on any atom is -0.472 e. The van der Waals surface area contributed by atoms with Gasteiger partial charge >= 0.3 is 0 Å². The Hall–Kier alpha value is -1.76. The van der Waals surface area contributed by atoms with Crippen molar-refractivity contribution in [1.82, 2.24) is 10.2 Å². The molecule has 1 N–H and O–H groups in total. The van der Waals surface area contributed by atoms with E-state index in [9.17, 15) is 9.59 Å². The number of aliphatic imine (C=N–C) groups is 1. The highest BCUT2D eigenvalue weighted by atomic mass is 32.2. The maximum atomic E-state index is 12.8. The summed E-state index contributed by atoms with van der Waals surface area (Å²) in [5, 5.41) is 3.90. The lowest BCUT2D eigenvalue weighted by Crippen LogP contribution is -2.41. The topological polar surface area (TPSA) is 74.9 Å². The van der Waals surface area contributed by atoms with Crippen LogP contribution in [0.25, 0.3) is 0 Å². The number of carbonyl (C=O) groups is 2. The van der Waals surface area contributed by atoms with E-state index in [2.05, 4.69) is 12.2 Å². The van der Waals surface area contributed by atoms with Crippen molar-refractivity contribution in [2.24, 2.45) is 22.7 Å². The molecule has 4 atom stereocenters. The average Bonchev–Trinajstić information content (AvgIpc) is 3.48. The molecule has 6 nitrogen and oxygen atoms in total. The van der Waals surface area contributed by atoms with Crippen LogP contribution in [-0.2, 0) is 4.79 Å². The summed E-state index contributed by atoms with van der Waals surface area (Å²) >= 11 is 1.63. The summed E-state index contributed by atoms with van der Waals surface area (Å²) in [7, 11) is 0. The third-order valence-corrected chi connectivity index (χ3v) is 8.56. The van der Waals surface area contributed by atoms with Gasteiger partial charge in [0.25, 0.3) is 5.91 Å². The predicted molar refractivity (Wildman–Crippen MR) is 113 cm³/mol. The van der Waals surface area contributed by atoms with Crippen LogP contribution in [0.5, 0.6) is 0 Å². The number of hydrogen-bond acceptors (Lipinski definition) is 5. The fourth-order valence-electron chi connectivity index (χ4n) is 5.69. The Balaban J connectivity index is 1.16. The largest absolute Gasteiger partial charge is 0.472 e. The van der Waals surface area contributed by atoms with Crippen LogP contribution in [0.4, 0.5) is 0 Å². The minimum atomic E-state index is -0.447. The highest BCUT2D eigenvalue weighted by Gasteiger charge is 2.46. The van der Waals surface area contributed by atoms with Gasteiger partial charge in [0.1, 0.15) is 6.26 Å². The van der Waals surface area contributed by atoms with Gasteiger partial charge < -0.3 is 14.6 Å². The molecular formula is C22H29N3O3S. The second-order valence-electron chi connectivity index (χ2n) is 9.42. The van der Waals surface area contributed by atoms with Gasteiger partial charge in [0.15, 0.2) is 5.17 Å². The van der Waals surface area contributed by atoms with E-state index in [0.717, 1.165) is 49.4 Å². The molecule has 4 aliphatic rings. The number of amidine groups is 1. The van der Waals surface area contributed by atoms with Gasteiger partial charge in [0.05, 0.1) is 22.6 Å². The number of likely N-dealkylation sites (tertiary alicyclic amines) is 1. The van der Waals surface area contributed by atoms with Gasteiger partial charge in [-0.3, -0.25) is 14.6 Å². The Morgan fingerprint density at radius 1 is 1.31 bits per heavy atom. The molecule has 5 rings (SSSR count). The van der Waals surface area contributed by atoms with Crippen LogP contribution < -0.4 is 5.32 Å². The maximum Gasteiger partial charge on any atom is 0.257 e. The Morgan fingerprint density at radius 3 is 2.79 bits per heavy atom. The smallest absolute Gasteiger partial charge is 0.257 e. The average molecular weight is 416 g/mol. The molecule has 7 heteroatoms. The zero-order valence-electron chi connectivity index (χ0n) is 16.9. The van der Waals surface area contributed by atoms with E-state index in [1.54, 1.807) is 17.8 Å². The van der Waals surface area contributed by atoms with E-state index < -0.39 is 4.75 Å². The molecule has 2 aliphatic heterocycles. The van der Waals surface area contributed by atoms with Crippen molar-refractivity contribution < 1.29 is 14.0 Å². The highest BCUT2D eigenvalue weighted by molar-refractivity contribution is 8.16. The first-order valence-corrected chi connectivity index (χ1v) is 11.7. The monoisotopic (exact) mass is 415 g/mol. The zero-order valence-corrected chi connectivity index (χ0v) is 17.7. The fraction of sp³-hybridized carbons (Fsp3) is 0.682. The van der Waals surface area contributed by atoms with Crippen LogP contribution in [0.15, 0.2) is 28.0 Å². The van der Waals surface area contributed by atoms with E-state index in [0.29, 0.717) is 17.5 Å². The van der Waals surface area contributed by atoms with E-state index in [4.69, 9.17) is 9.41 Å². The van der Waals surface area contributed by atoms with Gasteiger partial charge in [0.2, 0.25) is 5.91 Å². The Bertz CT molecular complexity index is 815. The van der Waals surface area contributed by atoms with Crippen molar-refractivity contribution in [3.05, 3.63) is 24.2 Å². The van der Waals surface area contributed by atoms with Crippen molar-refractivity contribution in [3.8, 4) is 0 Å². The molecule has 2 aliphatic carbocycles. The van der Waals surface area contributed by atoms with Gasteiger partial charge in [-0.1, -0.05) is 18.2 Å². The van der Waals surface area contributed by atoms with Crippen molar-refractivity contribution in [3.63, 3.8) is 0 Å². The van der Waals surface area contributed by atoms with E-state index in [1.165, 1.54) is 38.2 Å². The van der Waals surface area contributed by atoms with Crippen LogP contribution in [-0.4, -0.2) is 45.8 Å². The number of fused-ring (bicyclic) bond motifs is 2. The third kappa shape index (κ3) is 3.74. The molecular weight excluding hydrogens is 386 g/mol. The Morgan fingerprint density at radius 2 is 2.14 bits per heavy atom. The quantitative estimate of drug-likeness (QED) is 0.814. The third-order valence-electron chi connectivity index (χ3n) is 7.35. The standard InChI is InChI=1S/C22H29N3O3S/c1-22(12-14-4-7-25(8-5-14)19(26)17-6-9-28-13-17)20(27)24-21(29-22)23-18-11-15-2-3-16(18)10-15/h6,9,13-16,18H,2-5,7-8,10-12H2,1H3,(H,23,24,27)/t15-,16-,18-,22?/m0/s1.